The number of aryl methyl sites for hydroxylation is 1. The molecule has 7 nitrogen and oxygen atoms in total. The van der Waals surface area contributed by atoms with Gasteiger partial charge >= 0.3 is 0 Å². The summed E-state index contributed by atoms with van der Waals surface area (Å²) in [5, 5.41) is 3.80. The molecule has 0 radical (unpaired) electrons. The summed E-state index contributed by atoms with van der Waals surface area (Å²) < 4.78 is 39.9. The van der Waals surface area contributed by atoms with E-state index >= 15 is 0 Å². The van der Waals surface area contributed by atoms with Gasteiger partial charge in [-0.1, -0.05) is 6.92 Å². The Morgan fingerprint density at radius 2 is 1.85 bits per heavy atom. The van der Waals surface area contributed by atoms with E-state index in [1.807, 2.05) is 16.7 Å². The van der Waals surface area contributed by atoms with E-state index in [-0.39, 0.29) is 5.82 Å². The van der Waals surface area contributed by atoms with Crippen molar-refractivity contribution in [1.82, 2.24) is 19.7 Å². The predicted octanol–water partition coefficient (Wildman–Crippen LogP) is 1.33. The monoisotopic (exact) mass is 368 g/mol. The molecular weight excluding hydrogens is 349 g/mol. The molecule has 3 rings (SSSR count). The second kappa shape index (κ2) is 7.71. The quantitative estimate of drug-likeness (QED) is 0.793. The molecule has 26 heavy (non-hydrogen) atoms. The number of rotatable bonds is 5. The van der Waals surface area contributed by atoms with E-state index in [1.165, 1.54) is 18.6 Å². The molecule has 1 saturated heterocycles. The highest BCUT2D eigenvalue weighted by Gasteiger charge is 2.23. The number of nitrogens with zero attached hydrogens (tertiary/aromatic N) is 6. The highest BCUT2D eigenvalue weighted by molar-refractivity contribution is 5.48. The Hall–Kier alpha value is -2.65. The fourth-order valence-electron chi connectivity index (χ4n) is 2.90. The fourth-order valence-corrected chi connectivity index (χ4v) is 2.90. The van der Waals surface area contributed by atoms with Crippen LogP contribution in [0, 0.1) is 5.82 Å². The maximum Gasteiger partial charge on any atom is 0.269 e. The van der Waals surface area contributed by atoms with Gasteiger partial charge in [0.25, 0.3) is 12.0 Å². The van der Waals surface area contributed by atoms with Gasteiger partial charge < -0.3 is 9.80 Å². The first-order chi connectivity index (χ1) is 12.5. The molecule has 0 amide bonds. The molecular formula is C16H19F3N6O. The van der Waals surface area contributed by atoms with E-state index in [0.29, 0.717) is 44.0 Å². The molecule has 0 atom stereocenters. The fraction of sp³-hybridized carbons (Fsp3) is 0.500. The molecule has 0 aliphatic carbocycles. The van der Waals surface area contributed by atoms with Crippen LogP contribution in [0.3, 0.4) is 0 Å². The Kier molecular flexibility index (Phi) is 5.38. The first-order valence-corrected chi connectivity index (χ1v) is 8.34. The lowest BCUT2D eigenvalue weighted by Gasteiger charge is -2.36. The van der Waals surface area contributed by atoms with E-state index in [4.69, 9.17) is 0 Å². The van der Waals surface area contributed by atoms with Gasteiger partial charge in [0.05, 0.1) is 17.6 Å². The summed E-state index contributed by atoms with van der Waals surface area (Å²) in [7, 11) is 0. The molecule has 2 aromatic rings. The van der Waals surface area contributed by atoms with Crippen LogP contribution in [0.5, 0.6) is 0 Å². The summed E-state index contributed by atoms with van der Waals surface area (Å²) in [5.74, 6) is -0.123. The van der Waals surface area contributed by atoms with E-state index in [1.54, 1.807) is 0 Å². The van der Waals surface area contributed by atoms with Gasteiger partial charge in [-0.25, -0.2) is 27.8 Å². The van der Waals surface area contributed by atoms with Crippen LogP contribution >= 0.6 is 0 Å². The molecule has 1 fully saturated rings. The zero-order chi connectivity index (χ0) is 18.7. The normalized spacial score (nSPS) is 15.0. The zero-order valence-corrected chi connectivity index (χ0v) is 14.3. The number of halogens is 3. The molecule has 0 bridgehead atoms. The van der Waals surface area contributed by atoms with Gasteiger partial charge in [-0.3, -0.25) is 4.79 Å². The van der Waals surface area contributed by atoms with Crippen molar-refractivity contribution in [2.45, 2.75) is 26.3 Å². The Morgan fingerprint density at radius 3 is 2.46 bits per heavy atom. The first kappa shape index (κ1) is 18.2. The molecule has 0 unspecified atom stereocenters. The zero-order valence-electron chi connectivity index (χ0n) is 14.3. The Labute approximate surface area is 148 Å². The average Bonchev–Trinajstić information content (AvgIpc) is 2.63. The second-order valence-corrected chi connectivity index (χ2v) is 5.91. The molecule has 0 spiro atoms. The summed E-state index contributed by atoms with van der Waals surface area (Å²) in [6.07, 6.45) is 0.614. The Bertz CT molecular complexity index is 820. The maximum absolute atomic E-state index is 14.4. The lowest BCUT2D eigenvalue weighted by molar-refractivity contribution is 0.119. The molecule has 2 aromatic heterocycles. The topological polar surface area (TPSA) is 67.2 Å². The van der Waals surface area contributed by atoms with Gasteiger partial charge in [0, 0.05) is 32.2 Å². The summed E-state index contributed by atoms with van der Waals surface area (Å²) in [4.78, 5) is 23.6. The van der Waals surface area contributed by atoms with Crippen LogP contribution in [0.2, 0.25) is 0 Å². The van der Waals surface area contributed by atoms with E-state index in [0.717, 1.165) is 4.68 Å². The molecule has 3 heterocycles. The SMILES string of the molecule is CCc1ncnc(N2CCN(c3cnn(CC(F)F)c(=O)c3)CC2)c1F. The third-order valence-electron chi connectivity index (χ3n) is 4.29. The van der Waals surface area contributed by atoms with E-state index in [2.05, 4.69) is 15.1 Å². The average molecular weight is 368 g/mol. The van der Waals surface area contributed by atoms with Crippen LogP contribution in [0.4, 0.5) is 24.7 Å². The van der Waals surface area contributed by atoms with Gasteiger partial charge in [0.1, 0.15) is 12.9 Å². The predicted molar refractivity (Wildman–Crippen MR) is 90.3 cm³/mol. The van der Waals surface area contributed by atoms with Crippen molar-refractivity contribution >= 4 is 11.5 Å². The summed E-state index contributed by atoms with van der Waals surface area (Å²) in [6.45, 7) is 3.19. The van der Waals surface area contributed by atoms with E-state index in [9.17, 15) is 18.0 Å². The van der Waals surface area contributed by atoms with Crippen molar-refractivity contribution in [3.63, 3.8) is 0 Å². The van der Waals surface area contributed by atoms with Gasteiger partial charge in [-0.2, -0.15) is 5.10 Å². The molecule has 0 N–H and O–H groups in total. The van der Waals surface area contributed by atoms with Gasteiger partial charge in [0.2, 0.25) is 0 Å². The van der Waals surface area contributed by atoms with Crippen molar-refractivity contribution in [3.8, 4) is 0 Å². The molecule has 1 aliphatic rings. The molecule has 1 aliphatic heterocycles. The summed E-state index contributed by atoms with van der Waals surface area (Å²) in [5.41, 5.74) is 0.376. The van der Waals surface area contributed by atoms with Crippen molar-refractivity contribution in [3.05, 3.63) is 40.5 Å². The smallest absolute Gasteiger partial charge is 0.269 e. The molecule has 0 saturated carbocycles. The summed E-state index contributed by atoms with van der Waals surface area (Å²) >= 11 is 0. The number of alkyl halides is 2. The third-order valence-corrected chi connectivity index (χ3v) is 4.29. The van der Waals surface area contributed by atoms with Gasteiger partial charge in [-0.05, 0) is 6.42 Å². The van der Waals surface area contributed by atoms with Gasteiger partial charge in [0.15, 0.2) is 11.6 Å². The van der Waals surface area contributed by atoms with E-state index < -0.39 is 24.3 Å². The number of piperazine rings is 1. The van der Waals surface area contributed by atoms with Crippen LogP contribution in [0.1, 0.15) is 12.6 Å². The summed E-state index contributed by atoms with van der Waals surface area (Å²) in [6, 6.07) is 1.30. The minimum Gasteiger partial charge on any atom is -0.367 e. The highest BCUT2D eigenvalue weighted by Crippen LogP contribution is 2.21. The number of hydrogen-bond donors (Lipinski definition) is 0. The minimum atomic E-state index is -2.63. The van der Waals surface area contributed by atoms with Crippen molar-refractivity contribution in [2.24, 2.45) is 0 Å². The van der Waals surface area contributed by atoms with Gasteiger partial charge in [-0.15, -0.1) is 0 Å². The van der Waals surface area contributed by atoms with Crippen LogP contribution in [-0.4, -0.2) is 52.4 Å². The lowest BCUT2D eigenvalue weighted by Crippen LogP contribution is -2.47. The number of aromatic nitrogens is 4. The largest absolute Gasteiger partial charge is 0.367 e. The van der Waals surface area contributed by atoms with Crippen LogP contribution in [0.25, 0.3) is 0 Å². The highest BCUT2D eigenvalue weighted by atomic mass is 19.3. The van der Waals surface area contributed by atoms with Crippen molar-refractivity contribution < 1.29 is 13.2 Å². The van der Waals surface area contributed by atoms with Crippen molar-refractivity contribution in [1.29, 1.82) is 0 Å². The number of hydrogen-bond acceptors (Lipinski definition) is 6. The Morgan fingerprint density at radius 1 is 1.15 bits per heavy atom. The molecule has 0 aromatic carbocycles. The third kappa shape index (κ3) is 3.78. The first-order valence-electron chi connectivity index (χ1n) is 8.34. The maximum atomic E-state index is 14.4. The molecule has 140 valence electrons. The van der Waals surface area contributed by atoms with Crippen LogP contribution < -0.4 is 15.4 Å². The second-order valence-electron chi connectivity index (χ2n) is 5.91. The standard InChI is InChI=1S/C16H19F3N6O/c1-2-12-15(19)16(21-10-20-12)24-5-3-23(4-6-24)11-7-14(26)25(22-8-11)9-13(17)18/h7-8,10,13H,2-6,9H2,1H3. The Balaban J connectivity index is 1.69. The van der Waals surface area contributed by atoms with Crippen molar-refractivity contribution in [2.75, 3.05) is 36.0 Å². The lowest BCUT2D eigenvalue weighted by atomic mass is 10.2. The van der Waals surface area contributed by atoms with Crippen LogP contribution in [-0.2, 0) is 13.0 Å². The molecule has 10 heteroatoms. The number of anilines is 2. The van der Waals surface area contributed by atoms with Crippen LogP contribution in [0.15, 0.2) is 23.4 Å². The minimum absolute atomic E-state index is 0.280.